The Balaban J connectivity index is 1.36. The second-order valence-electron chi connectivity index (χ2n) is 7.79. The van der Waals surface area contributed by atoms with Crippen molar-refractivity contribution in [3.05, 3.63) is 53.8 Å². The summed E-state index contributed by atoms with van der Waals surface area (Å²) in [5.74, 6) is 0.748. The Labute approximate surface area is 174 Å². The summed E-state index contributed by atoms with van der Waals surface area (Å²) in [6.45, 7) is 2.86. The third-order valence-corrected chi connectivity index (χ3v) is 7.63. The number of sulfonamides is 1. The maximum absolute atomic E-state index is 13.1. The molecule has 0 unspecified atom stereocenters. The molecule has 0 radical (unpaired) electrons. The van der Waals surface area contributed by atoms with Gasteiger partial charge in [0.05, 0.1) is 4.90 Å². The van der Waals surface area contributed by atoms with Crippen molar-refractivity contribution in [3.63, 3.8) is 0 Å². The van der Waals surface area contributed by atoms with Crippen LogP contribution in [0.15, 0.2) is 47.4 Å². The average molecular weight is 434 g/mol. The largest absolute Gasteiger partial charge is 0.454 e. The molecule has 4 rings (SSSR count). The van der Waals surface area contributed by atoms with Gasteiger partial charge in [-0.2, -0.15) is 4.31 Å². The molecule has 2 heterocycles. The highest BCUT2D eigenvalue weighted by Crippen LogP contribution is 2.35. The lowest BCUT2D eigenvalue weighted by atomic mass is 9.80. The van der Waals surface area contributed by atoms with Crippen LogP contribution in [0.2, 0.25) is 0 Å². The first kappa shape index (κ1) is 20.6. The predicted octanol–water partition coefficient (Wildman–Crippen LogP) is 2.66. The maximum Gasteiger partial charge on any atom is 0.243 e. The van der Waals surface area contributed by atoms with Crippen molar-refractivity contribution in [2.75, 3.05) is 19.9 Å². The maximum atomic E-state index is 13.1. The van der Waals surface area contributed by atoms with Crippen LogP contribution in [0.5, 0.6) is 11.5 Å². The van der Waals surface area contributed by atoms with E-state index >= 15 is 0 Å². The Hall–Kier alpha value is -2.65. The fraction of sp³-hybridized carbons (Fsp3) is 0.381. The van der Waals surface area contributed by atoms with Crippen molar-refractivity contribution >= 4 is 15.9 Å². The number of carbonyl (C=O) groups is 1. The molecule has 0 aromatic heterocycles. The van der Waals surface area contributed by atoms with Crippen LogP contribution in [0.25, 0.3) is 0 Å². The molecule has 1 fully saturated rings. The zero-order valence-electron chi connectivity index (χ0n) is 16.6. The molecule has 2 aliphatic rings. The monoisotopic (exact) mass is 434 g/mol. The Bertz CT molecular complexity index is 1050. The van der Waals surface area contributed by atoms with Crippen LogP contribution in [-0.2, 0) is 21.4 Å². The summed E-state index contributed by atoms with van der Waals surface area (Å²) >= 11 is 0. The number of carbonyl (C=O) groups excluding carboxylic acids is 1. The highest BCUT2D eigenvalue weighted by Gasteiger charge is 2.40. The summed E-state index contributed by atoms with van der Waals surface area (Å²) in [6.07, 6.45) is 0.806. The molecule has 2 aromatic rings. The molecule has 0 bridgehead atoms. The first-order valence-electron chi connectivity index (χ1n) is 9.70. The Kier molecular flexibility index (Phi) is 5.42. The van der Waals surface area contributed by atoms with Crippen LogP contribution in [0, 0.1) is 11.2 Å². The Morgan fingerprint density at radius 3 is 2.47 bits per heavy atom. The molecule has 7 nitrogen and oxygen atoms in total. The molecular formula is C21H23FN2O5S. The second kappa shape index (κ2) is 7.88. The highest BCUT2D eigenvalue weighted by molar-refractivity contribution is 7.89. The molecule has 0 atom stereocenters. The average Bonchev–Trinajstić information content (AvgIpc) is 3.20. The SMILES string of the molecule is CC1(C(=O)NCc2ccc3c(c2)OCO3)CCN(S(=O)(=O)c2ccc(F)cc2)CC1. The number of piperidine rings is 1. The zero-order chi connectivity index (χ0) is 21.4. The van der Waals surface area contributed by atoms with E-state index in [1.165, 1.54) is 16.4 Å². The molecule has 1 N–H and O–H groups in total. The highest BCUT2D eigenvalue weighted by atomic mass is 32.2. The molecule has 160 valence electrons. The van der Waals surface area contributed by atoms with Crippen LogP contribution < -0.4 is 14.8 Å². The topological polar surface area (TPSA) is 84.9 Å². The number of nitrogens with zero attached hydrogens (tertiary/aromatic N) is 1. The molecule has 0 spiro atoms. The fourth-order valence-electron chi connectivity index (χ4n) is 3.65. The normalized spacial score (nSPS) is 18.2. The lowest BCUT2D eigenvalue weighted by molar-refractivity contribution is -0.132. The third kappa shape index (κ3) is 3.99. The van der Waals surface area contributed by atoms with Gasteiger partial charge in [0.25, 0.3) is 0 Å². The quantitative estimate of drug-likeness (QED) is 0.782. The van der Waals surface area contributed by atoms with Gasteiger partial charge in [0, 0.05) is 25.0 Å². The number of fused-ring (bicyclic) bond motifs is 1. The molecule has 9 heteroatoms. The number of nitrogens with one attached hydrogen (secondary N) is 1. The lowest BCUT2D eigenvalue weighted by Crippen LogP contribution is -2.48. The lowest BCUT2D eigenvalue weighted by Gasteiger charge is -2.37. The van der Waals surface area contributed by atoms with Gasteiger partial charge in [0.2, 0.25) is 22.7 Å². The first-order chi connectivity index (χ1) is 14.3. The van der Waals surface area contributed by atoms with Crippen molar-refractivity contribution < 1.29 is 27.1 Å². The standard InChI is InChI=1S/C21H23FN2O5S/c1-21(20(25)23-13-15-2-7-18-19(12-15)29-14-28-18)8-10-24(11-9-21)30(26,27)17-5-3-16(22)4-6-17/h2-7,12H,8-11,13-14H2,1H3,(H,23,25). The summed E-state index contributed by atoms with van der Waals surface area (Å²) in [6, 6.07) is 10.3. The predicted molar refractivity (Wildman–Crippen MR) is 107 cm³/mol. The van der Waals surface area contributed by atoms with Crippen molar-refractivity contribution in [1.82, 2.24) is 9.62 Å². The molecule has 1 saturated heterocycles. The van der Waals surface area contributed by atoms with Gasteiger partial charge in [-0.15, -0.1) is 0 Å². The van der Waals surface area contributed by atoms with E-state index in [0.29, 0.717) is 30.9 Å². The van der Waals surface area contributed by atoms with Crippen molar-refractivity contribution in [1.29, 1.82) is 0 Å². The van der Waals surface area contributed by atoms with Crippen molar-refractivity contribution in [2.24, 2.45) is 5.41 Å². The van der Waals surface area contributed by atoms with E-state index in [9.17, 15) is 17.6 Å². The third-order valence-electron chi connectivity index (χ3n) is 5.72. The van der Waals surface area contributed by atoms with E-state index < -0.39 is 21.3 Å². The van der Waals surface area contributed by atoms with Gasteiger partial charge in [-0.25, -0.2) is 12.8 Å². The van der Waals surface area contributed by atoms with E-state index in [0.717, 1.165) is 17.7 Å². The number of hydrogen-bond acceptors (Lipinski definition) is 5. The van der Waals surface area contributed by atoms with Crippen LogP contribution in [0.1, 0.15) is 25.3 Å². The summed E-state index contributed by atoms with van der Waals surface area (Å²) in [4.78, 5) is 12.9. The Morgan fingerprint density at radius 2 is 1.77 bits per heavy atom. The molecule has 2 aromatic carbocycles. The molecule has 0 aliphatic carbocycles. The number of ether oxygens (including phenoxy) is 2. The fourth-order valence-corrected chi connectivity index (χ4v) is 5.09. The second-order valence-corrected chi connectivity index (χ2v) is 9.73. The Morgan fingerprint density at radius 1 is 1.10 bits per heavy atom. The molecule has 2 aliphatic heterocycles. The number of halogens is 1. The van der Waals surface area contributed by atoms with Gasteiger partial charge >= 0.3 is 0 Å². The molecule has 30 heavy (non-hydrogen) atoms. The van der Waals surface area contributed by atoms with E-state index in [1.807, 2.05) is 25.1 Å². The van der Waals surface area contributed by atoms with Gasteiger partial charge in [-0.3, -0.25) is 4.79 Å². The van der Waals surface area contributed by atoms with E-state index in [2.05, 4.69) is 5.32 Å². The number of amides is 1. The summed E-state index contributed by atoms with van der Waals surface area (Å²) < 4.78 is 50.6. The van der Waals surface area contributed by atoms with Gasteiger partial charge in [-0.05, 0) is 54.8 Å². The van der Waals surface area contributed by atoms with Crippen LogP contribution in [0.4, 0.5) is 4.39 Å². The minimum atomic E-state index is -3.71. The molecular weight excluding hydrogens is 411 g/mol. The van der Waals surface area contributed by atoms with Gasteiger partial charge in [-0.1, -0.05) is 13.0 Å². The van der Waals surface area contributed by atoms with Crippen molar-refractivity contribution in [2.45, 2.75) is 31.2 Å². The smallest absolute Gasteiger partial charge is 0.243 e. The van der Waals surface area contributed by atoms with Crippen molar-refractivity contribution in [3.8, 4) is 11.5 Å². The van der Waals surface area contributed by atoms with E-state index in [-0.39, 0.29) is 30.7 Å². The van der Waals surface area contributed by atoms with Gasteiger partial charge < -0.3 is 14.8 Å². The summed E-state index contributed by atoms with van der Waals surface area (Å²) in [5.41, 5.74) is 0.234. The zero-order valence-corrected chi connectivity index (χ0v) is 17.4. The number of benzene rings is 2. The number of rotatable bonds is 5. The first-order valence-corrected chi connectivity index (χ1v) is 11.1. The van der Waals surface area contributed by atoms with E-state index in [1.54, 1.807) is 0 Å². The van der Waals surface area contributed by atoms with E-state index in [4.69, 9.17) is 9.47 Å². The molecule has 1 amide bonds. The summed E-state index contributed by atoms with van der Waals surface area (Å²) in [7, 11) is -3.71. The minimum absolute atomic E-state index is 0.0553. The van der Waals surface area contributed by atoms with Gasteiger partial charge in [0.1, 0.15) is 5.82 Å². The van der Waals surface area contributed by atoms with Crippen LogP contribution >= 0.6 is 0 Å². The van der Waals surface area contributed by atoms with Crippen LogP contribution in [-0.4, -0.2) is 38.5 Å². The minimum Gasteiger partial charge on any atom is -0.454 e. The van der Waals surface area contributed by atoms with Gasteiger partial charge in [0.15, 0.2) is 11.5 Å². The van der Waals surface area contributed by atoms with Crippen LogP contribution in [0.3, 0.4) is 0 Å². The molecule has 0 saturated carbocycles. The summed E-state index contributed by atoms with van der Waals surface area (Å²) in [5, 5.41) is 2.95. The number of hydrogen-bond donors (Lipinski definition) is 1.